The molecule has 0 spiro atoms. The van der Waals surface area contributed by atoms with E-state index in [9.17, 15) is 0 Å². The van der Waals surface area contributed by atoms with E-state index in [0.717, 1.165) is 22.1 Å². The maximum Gasteiger partial charge on any atom is 0.183 e. The van der Waals surface area contributed by atoms with Gasteiger partial charge in [-0.3, -0.25) is 0 Å². The summed E-state index contributed by atoms with van der Waals surface area (Å²) < 4.78 is 5.31. The summed E-state index contributed by atoms with van der Waals surface area (Å²) in [7, 11) is 0. The largest absolute Gasteiger partial charge is 0.467 e. The Morgan fingerprint density at radius 1 is 1.00 bits per heavy atom. The lowest BCUT2D eigenvalue weighted by atomic mass is 10.1. The Kier molecular flexibility index (Phi) is 3.37. The lowest BCUT2D eigenvalue weighted by Crippen LogP contribution is -1.97. The van der Waals surface area contributed by atoms with Crippen LogP contribution < -0.4 is 5.32 Å². The Morgan fingerprint density at radius 2 is 1.91 bits per heavy atom. The zero-order valence-corrected chi connectivity index (χ0v) is 12.6. The summed E-state index contributed by atoms with van der Waals surface area (Å²) in [4.78, 5) is 4.65. The van der Waals surface area contributed by atoms with Gasteiger partial charge in [0, 0.05) is 10.9 Å². The molecule has 0 amide bonds. The zero-order chi connectivity index (χ0) is 14.8. The molecule has 108 valence electrons. The van der Waals surface area contributed by atoms with Crippen molar-refractivity contribution in [3.8, 4) is 11.3 Å². The highest BCUT2D eigenvalue weighted by Gasteiger charge is 2.06. The number of anilines is 1. The number of hydrogen-bond donors (Lipinski definition) is 1. The van der Waals surface area contributed by atoms with Gasteiger partial charge in [-0.1, -0.05) is 36.4 Å². The van der Waals surface area contributed by atoms with Gasteiger partial charge in [0.15, 0.2) is 5.13 Å². The van der Waals surface area contributed by atoms with Crippen LogP contribution in [0.15, 0.2) is 70.7 Å². The normalized spacial score (nSPS) is 10.9. The van der Waals surface area contributed by atoms with Gasteiger partial charge in [-0.25, -0.2) is 4.98 Å². The highest BCUT2D eigenvalue weighted by atomic mass is 32.1. The Morgan fingerprint density at radius 3 is 2.77 bits per heavy atom. The molecule has 0 atom stereocenters. The van der Waals surface area contributed by atoms with Gasteiger partial charge in [-0.15, -0.1) is 11.3 Å². The highest BCUT2D eigenvalue weighted by molar-refractivity contribution is 7.14. The third-order valence-corrected chi connectivity index (χ3v) is 4.34. The minimum atomic E-state index is 0.650. The lowest BCUT2D eigenvalue weighted by molar-refractivity contribution is 0.518. The zero-order valence-electron chi connectivity index (χ0n) is 11.8. The fourth-order valence-electron chi connectivity index (χ4n) is 2.41. The smallest absolute Gasteiger partial charge is 0.183 e. The van der Waals surface area contributed by atoms with E-state index in [-0.39, 0.29) is 0 Å². The summed E-state index contributed by atoms with van der Waals surface area (Å²) in [5.41, 5.74) is 2.14. The predicted molar refractivity (Wildman–Crippen MR) is 91.1 cm³/mol. The molecule has 0 radical (unpaired) electrons. The topological polar surface area (TPSA) is 38.1 Å². The number of aromatic nitrogens is 1. The number of thiazole rings is 1. The van der Waals surface area contributed by atoms with Crippen LogP contribution in [-0.4, -0.2) is 4.98 Å². The molecule has 1 N–H and O–H groups in total. The molecule has 0 fully saturated rings. The molecule has 2 heterocycles. The second-order valence-corrected chi connectivity index (χ2v) is 5.89. The van der Waals surface area contributed by atoms with Crippen molar-refractivity contribution in [3.05, 3.63) is 72.0 Å². The SMILES string of the molecule is c1coc(CNc2nc(-c3ccc4ccccc4c3)cs2)c1. The van der Waals surface area contributed by atoms with Gasteiger partial charge in [-0.05, 0) is 29.0 Å². The molecule has 0 aliphatic rings. The minimum absolute atomic E-state index is 0.650. The van der Waals surface area contributed by atoms with E-state index in [4.69, 9.17) is 4.42 Å². The van der Waals surface area contributed by atoms with E-state index >= 15 is 0 Å². The van der Waals surface area contributed by atoms with Gasteiger partial charge >= 0.3 is 0 Å². The maximum absolute atomic E-state index is 5.31. The number of fused-ring (bicyclic) bond motifs is 1. The van der Waals surface area contributed by atoms with E-state index in [1.807, 2.05) is 12.1 Å². The molecule has 2 aromatic carbocycles. The van der Waals surface area contributed by atoms with Crippen LogP contribution in [0.5, 0.6) is 0 Å². The number of hydrogen-bond acceptors (Lipinski definition) is 4. The number of nitrogens with zero attached hydrogens (tertiary/aromatic N) is 1. The first-order chi connectivity index (χ1) is 10.9. The predicted octanol–water partition coefficient (Wildman–Crippen LogP) is 5.17. The van der Waals surface area contributed by atoms with Crippen LogP contribution in [0.25, 0.3) is 22.0 Å². The lowest BCUT2D eigenvalue weighted by Gasteiger charge is -2.01. The van der Waals surface area contributed by atoms with E-state index < -0.39 is 0 Å². The molecule has 22 heavy (non-hydrogen) atoms. The van der Waals surface area contributed by atoms with Crippen molar-refractivity contribution >= 4 is 27.2 Å². The molecule has 2 aromatic heterocycles. The van der Waals surface area contributed by atoms with Crippen molar-refractivity contribution in [1.82, 2.24) is 4.98 Å². The summed E-state index contributed by atoms with van der Waals surface area (Å²) >= 11 is 1.61. The van der Waals surface area contributed by atoms with Gasteiger partial charge < -0.3 is 9.73 Å². The van der Waals surface area contributed by atoms with Crippen molar-refractivity contribution in [2.45, 2.75) is 6.54 Å². The van der Waals surface area contributed by atoms with Crippen LogP contribution >= 0.6 is 11.3 Å². The summed E-state index contributed by atoms with van der Waals surface area (Å²) in [5, 5.41) is 8.75. The van der Waals surface area contributed by atoms with Crippen LogP contribution in [0.3, 0.4) is 0 Å². The molecule has 0 aliphatic carbocycles. The second-order valence-electron chi connectivity index (χ2n) is 5.03. The van der Waals surface area contributed by atoms with Crippen molar-refractivity contribution in [1.29, 1.82) is 0 Å². The number of nitrogens with one attached hydrogen (secondary N) is 1. The van der Waals surface area contributed by atoms with Crippen LogP contribution in [0.2, 0.25) is 0 Å². The first kappa shape index (κ1) is 13.1. The van der Waals surface area contributed by atoms with E-state index in [1.165, 1.54) is 10.8 Å². The molecule has 0 saturated heterocycles. The molecule has 4 aromatic rings. The summed E-state index contributed by atoms with van der Waals surface area (Å²) in [6.07, 6.45) is 1.68. The first-order valence-corrected chi connectivity index (χ1v) is 7.97. The van der Waals surface area contributed by atoms with E-state index in [0.29, 0.717) is 6.54 Å². The van der Waals surface area contributed by atoms with Crippen LogP contribution in [0.4, 0.5) is 5.13 Å². The molecule has 0 bridgehead atoms. The average Bonchev–Trinajstić information content (AvgIpc) is 3.24. The molecular formula is C18H14N2OS. The first-order valence-electron chi connectivity index (χ1n) is 7.09. The minimum Gasteiger partial charge on any atom is -0.467 e. The molecule has 3 nitrogen and oxygen atoms in total. The van der Waals surface area contributed by atoms with Crippen molar-refractivity contribution in [2.24, 2.45) is 0 Å². The average molecular weight is 306 g/mol. The quantitative estimate of drug-likeness (QED) is 0.565. The second kappa shape index (κ2) is 5.66. The van der Waals surface area contributed by atoms with Crippen molar-refractivity contribution < 1.29 is 4.42 Å². The van der Waals surface area contributed by atoms with Crippen molar-refractivity contribution in [2.75, 3.05) is 5.32 Å². The van der Waals surface area contributed by atoms with Gasteiger partial charge in [-0.2, -0.15) is 0 Å². The van der Waals surface area contributed by atoms with E-state index in [1.54, 1.807) is 17.6 Å². The van der Waals surface area contributed by atoms with Gasteiger partial charge in [0.05, 0.1) is 18.5 Å². The van der Waals surface area contributed by atoms with Crippen LogP contribution in [-0.2, 0) is 6.54 Å². The van der Waals surface area contributed by atoms with Gasteiger partial charge in [0.2, 0.25) is 0 Å². The number of benzene rings is 2. The Hall–Kier alpha value is -2.59. The highest BCUT2D eigenvalue weighted by Crippen LogP contribution is 2.27. The Bertz CT molecular complexity index is 896. The summed E-state index contributed by atoms with van der Waals surface area (Å²) in [6, 6.07) is 18.6. The third-order valence-electron chi connectivity index (χ3n) is 3.54. The fourth-order valence-corrected chi connectivity index (χ4v) is 3.13. The number of rotatable bonds is 4. The molecular weight excluding hydrogens is 292 g/mol. The summed E-state index contributed by atoms with van der Waals surface area (Å²) in [5.74, 6) is 0.905. The molecule has 0 saturated carbocycles. The van der Waals surface area contributed by atoms with Gasteiger partial charge in [0.1, 0.15) is 5.76 Å². The van der Waals surface area contributed by atoms with Crippen molar-refractivity contribution in [3.63, 3.8) is 0 Å². The molecule has 4 rings (SSSR count). The fraction of sp³-hybridized carbons (Fsp3) is 0.0556. The maximum atomic E-state index is 5.31. The molecule has 0 unspecified atom stereocenters. The van der Waals surface area contributed by atoms with Crippen LogP contribution in [0.1, 0.15) is 5.76 Å². The van der Waals surface area contributed by atoms with Gasteiger partial charge in [0.25, 0.3) is 0 Å². The third kappa shape index (κ3) is 2.61. The number of furan rings is 1. The van der Waals surface area contributed by atoms with E-state index in [2.05, 4.69) is 58.1 Å². The van der Waals surface area contributed by atoms with Crippen LogP contribution in [0, 0.1) is 0 Å². The summed E-state index contributed by atoms with van der Waals surface area (Å²) in [6.45, 7) is 0.650. The molecule has 4 heteroatoms. The molecule has 0 aliphatic heterocycles. The Balaban J connectivity index is 1.56. The monoisotopic (exact) mass is 306 g/mol. The standard InChI is InChI=1S/C18H14N2OS/c1-2-5-14-10-15(8-7-13(14)4-1)17-12-22-18(20-17)19-11-16-6-3-9-21-16/h1-10,12H,11H2,(H,19,20). The Labute approximate surface area is 132 Å².